The van der Waals surface area contributed by atoms with Crippen LogP contribution in [0.5, 0.6) is 0 Å². The second kappa shape index (κ2) is 5.58. The minimum Gasteiger partial charge on any atom is -0.338 e. The van der Waals surface area contributed by atoms with E-state index >= 15 is 0 Å². The smallest absolute Gasteiger partial charge is 0.244 e. The molecule has 3 rings (SSSR count). The highest BCUT2D eigenvalue weighted by Gasteiger charge is 2.08. The number of amides is 1. The third kappa shape index (κ3) is 2.90. The summed E-state index contributed by atoms with van der Waals surface area (Å²) in [7, 11) is 0. The van der Waals surface area contributed by atoms with Crippen LogP contribution in [0.2, 0.25) is 5.02 Å². The van der Waals surface area contributed by atoms with Gasteiger partial charge >= 0.3 is 0 Å². The Morgan fingerprint density at radius 1 is 1.14 bits per heavy atom. The Kier molecular flexibility index (Phi) is 3.62. The third-order valence-electron chi connectivity index (χ3n) is 3.20. The van der Waals surface area contributed by atoms with Crippen LogP contribution in [0.4, 0.5) is 10.1 Å². The van der Waals surface area contributed by atoms with E-state index in [2.05, 4.69) is 5.32 Å². The number of aromatic nitrogens is 1. The number of rotatable bonds is 3. The number of benzene rings is 2. The first-order valence-electron chi connectivity index (χ1n) is 6.42. The van der Waals surface area contributed by atoms with Crippen molar-refractivity contribution in [2.75, 3.05) is 5.32 Å². The summed E-state index contributed by atoms with van der Waals surface area (Å²) >= 11 is 5.79. The lowest BCUT2D eigenvalue weighted by Gasteiger charge is -2.07. The van der Waals surface area contributed by atoms with E-state index < -0.39 is 0 Å². The molecule has 0 atom stereocenters. The largest absolute Gasteiger partial charge is 0.338 e. The Morgan fingerprint density at radius 3 is 2.67 bits per heavy atom. The van der Waals surface area contributed by atoms with Gasteiger partial charge < -0.3 is 9.88 Å². The van der Waals surface area contributed by atoms with E-state index in [4.69, 9.17) is 11.6 Å². The quantitative estimate of drug-likeness (QED) is 0.777. The Hall–Kier alpha value is -2.33. The molecule has 1 heterocycles. The fourth-order valence-electron chi connectivity index (χ4n) is 2.21. The number of anilines is 1. The molecular weight excluding hydrogens is 291 g/mol. The van der Waals surface area contributed by atoms with Crippen LogP contribution in [-0.2, 0) is 11.3 Å². The van der Waals surface area contributed by atoms with E-state index in [0.29, 0.717) is 21.6 Å². The molecule has 106 valence electrons. The molecule has 1 aromatic heterocycles. The molecule has 0 aliphatic heterocycles. The summed E-state index contributed by atoms with van der Waals surface area (Å²) in [5, 5.41) is 3.90. The number of fused-ring (bicyclic) bond motifs is 1. The zero-order valence-electron chi connectivity index (χ0n) is 11.0. The SMILES string of the molecule is O=C(Cn1ccc2c(F)cccc21)Nc1ccc(Cl)cc1. The summed E-state index contributed by atoms with van der Waals surface area (Å²) in [5.41, 5.74) is 1.37. The Balaban J connectivity index is 1.77. The molecule has 21 heavy (non-hydrogen) atoms. The molecule has 3 aromatic rings. The summed E-state index contributed by atoms with van der Waals surface area (Å²) in [6, 6.07) is 13.4. The lowest BCUT2D eigenvalue weighted by Crippen LogP contribution is -2.18. The molecule has 5 heteroatoms. The highest BCUT2D eigenvalue weighted by atomic mass is 35.5. The zero-order chi connectivity index (χ0) is 14.8. The number of nitrogens with zero attached hydrogens (tertiary/aromatic N) is 1. The van der Waals surface area contributed by atoms with Crippen LogP contribution in [0.1, 0.15) is 0 Å². The number of halogens is 2. The monoisotopic (exact) mass is 302 g/mol. The standard InChI is InChI=1S/C16H12ClFN2O/c17-11-4-6-12(7-5-11)19-16(21)10-20-9-8-13-14(18)2-1-3-15(13)20/h1-9H,10H2,(H,19,21). The zero-order valence-corrected chi connectivity index (χ0v) is 11.8. The molecule has 0 aliphatic carbocycles. The van der Waals surface area contributed by atoms with Gasteiger partial charge in [0.1, 0.15) is 12.4 Å². The Labute approximate surface area is 125 Å². The lowest BCUT2D eigenvalue weighted by molar-refractivity contribution is -0.116. The van der Waals surface area contributed by atoms with Crippen molar-refractivity contribution in [3.05, 3.63) is 65.6 Å². The highest BCUT2D eigenvalue weighted by molar-refractivity contribution is 6.30. The van der Waals surface area contributed by atoms with E-state index in [9.17, 15) is 9.18 Å². The number of hydrogen-bond acceptors (Lipinski definition) is 1. The molecule has 0 bridgehead atoms. The summed E-state index contributed by atoms with van der Waals surface area (Å²) < 4.78 is 15.3. The first-order valence-corrected chi connectivity index (χ1v) is 6.80. The summed E-state index contributed by atoms with van der Waals surface area (Å²) in [4.78, 5) is 12.0. The topological polar surface area (TPSA) is 34.0 Å². The average molecular weight is 303 g/mol. The maximum absolute atomic E-state index is 13.6. The van der Waals surface area contributed by atoms with Crippen LogP contribution in [0, 0.1) is 5.82 Å². The van der Waals surface area contributed by atoms with Crippen LogP contribution in [0.3, 0.4) is 0 Å². The molecule has 0 unspecified atom stereocenters. The van der Waals surface area contributed by atoms with Crippen LogP contribution in [-0.4, -0.2) is 10.5 Å². The third-order valence-corrected chi connectivity index (χ3v) is 3.45. The normalized spacial score (nSPS) is 10.8. The fourth-order valence-corrected chi connectivity index (χ4v) is 2.34. The minimum absolute atomic E-state index is 0.121. The molecule has 0 saturated carbocycles. The first kappa shape index (κ1) is 13.6. The van der Waals surface area contributed by atoms with Crippen molar-refractivity contribution in [2.24, 2.45) is 0 Å². The van der Waals surface area contributed by atoms with Crippen LogP contribution in [0.15, 0.2) is 54.7 Å². The van der Waals surface area contributed by atoms with Gasteiger partial charge in [0, 0.05) is 22.3 Å². The van der Waals surface area contributed by atoms with Crippen LogP contribution in [0.25, 0.3) is 10.9 Å². The fraction of sp³-hybridized carbons (Fsp3) is 0.0625. The van der Waals surface area contributed by atoms with E-state index in [1.807, 2.05) is 0 Å². The van der Waals surface area contributed by atoms with Gasteiger partial charge in [0.05, 0.1) is 5.52 Å². The minimum atomic E-state index is -0.288. The van der Waals surface area contributed by atoms with Crippen molar-refractivity contribution in [2.45, 2.75) is 6.54 Å². The molecule has 0 spiro atoms. The summed E-state index contributed by atoms with van der Waals surface area (Å²) in [6.45, 7) is 0.121. The first-order chi connectivity index (χ1) is 10.1. The van der Waals surface area contributed by atoms with Gasteiger partial charge in [-0.05, 0) is 42.5 Å². The number of nitrogens with one attached hydrogen (secondary N) is 1. The van der Waals surface area contributed by atoms with Crippen molar-refractivity contribution in [1.82, 2.24) is 4.57 Å². The van der Waals surface area contributed by atoms with Crippen molar-refractivity contribution in [3.8, 4) is 0 Å². The number of carbonyl (C=O) groups is 1. The lowest BCUT2D eigenvalue weighted by atomic mass is 10.2. The second-order valence-electron chi connectivity index (χ2n) is 4.67. The predicted molar refractivity (Wildman–Crippen MR) is 82.0 cm³/mol. The van der Waals surface area contributed by atoms with Gasteiger partial charge in [0.2, 0.25) is 5.91 Å². The number of hydrogen-bond donors (Lipinski definition) is 1. The Bertz CT molecular complexity index is 796. The molecule has 0 radical (unpaired) electrons. The van der Waals surface area contributed by atoms with Gasteiger partial charge in [-0.25, -0.2) is 4.39 Å². The van der Waals surface area contributed by atoms with E-state index in [0.717, 1.165) is 0 Å². The van der Waals surface area contributed by atoms with Crippen molar-refractivity contribution >= 4 is 34.1 Å². The highest BCUT2D eigenvalue weighted by Crippen LogP contribution is 2.19. The predicted octanol–water partition coefficient (Wildman–Crippen LogP) is 4.07. The van der Waals surface area contributed by atoms with E-state index in [1.165, 1.54) is 6.07 Å². The van der Waals surface area contributed by atoms with Gasteiger partial charge in [-0.1, -0.05) is 17.7 Å². The van der Waals surface area contributed by atoms with Crippen molar-refractivity contribution < 1.29 is 9.18 Å². The maximum atomic E-state index is 13.6. The molecule has 1 amide bonds. The summed E-state index contributed by atoms with van der Waals surface area (Å²) in [5.74, 6) is -0.469. The van der Waals surface area contributed by atoms with Gasteiger partial charge in [-0.15, -0.1) is 0 Å². The summed E-state index contributed by atoms with van der Waals surface area (Å²) in [6.07, 6.45) is 1.70. The molecule has 1 N–H and O–H groups in total. The van der Waals surface area contributed by atoms with Gasteiger partial charge in [0.15, 0.2) is 0 Å². The Morgan fingerprint density at radius 2 is 1.90 bits per heavy atom. The molecule has 0 saturated heterocycles. The second-order valence-corrected chi connectivity index (χ2v) is 5.11. The van der Waals surface area contributed by atoms with Gasteiger partial charge in [0.25, 0.3) is 0 Å². The molecule has 0 aliphatic rings. The van der Waals surface area contributed by atoms with Gasteiger partial charge in [-0.3, -0.25) is 4.79 Å². The van der Waals surface area contributed by atoms with Crippen molar-refractivity contribution in [3.63, 3.8) is 0 Å². The van der Waals surface area contributed by atoms with Gasteiger partial charge in [-0.2, -0.15) is 0 Å². The van der Waals surface area contributed by atoms with Crippen molar-refractivity contribution in [1.29, 1.82) is 0 Å². The number of carbonyl (C=O) groups excluding carboxylic acids is 1. The average Bonchev–Trinajstić information content (AvgIpc) is 2.86. The molecule has 2 aromatic carbocycles. The van der Waals surface area contributed by atoms with Crippen LogP contribution >= 0.6 is 11.6 Å². The van der Waals surface area contributed by atoms with Crippen LogP contribution < -0.4 is 5.32 Å². The van der Waals surface area contributed by atoms with E-state index in [1.54, 1.807) is 53.2 Å². The molecular formula is C16H12ClFN2O. The maximum Gasteiger partial charge on any atom is 0.244 e. The van der Waals surface area contributed by atoms with E-state index in [-0.39, 0.29) is 18.3 Å². The molecule has 0 fully saturated rings. The molecule has 3 nitrogen and oxygen atoms in total.